The maximum absolute atomic E-state index is 12.8. The first kappa shape index (κ1) is 29.2. The van der Waals surface area contributed by atoms with Crippen LogP contribution >= 0.6 is 0 Å². The molecule has 0 aliphatic heterocycles. The number of rotatable bonds is 12. The topological polar surface area (TPSA) is 170 Å². The fraction of sp³-hybridized carbons (Fsp3) is 0.172. The average Bonchev–Trinajstić information content (AvgIpc) is 2.95. The molecule has 0 radical (unpaired) electrons. The van der Waals surface area contributed by atoms with E-state index in [1.165, 1.54) is 0 Å². The molecule has 0 aliphatic carbocycles. The Hall–Kier alpha value is -4.81. The smallest absolute Gasteiger partial charge is 0.322 e. The Kier molecular flexibility index (Phi) is 9.61. The van der Waals surface area contributed by atoms with Gasteiger partial charge in [-0.3, -0.25) is 9.59 Å². The molecular formula is C29H29N5O6S. The highest BCUT2D eigenvalue weighted by molar-refractivity contribution is 7.88. The highest BCUT2D eigenvalue weighted by Crippen LogP contribution is 2.13. The second-order valence-corrected chi connectivity index (χ2v) is 11.0. The fourth-order valence-corrected chi connectivity index (χ4v) is 5.35. The molecule has 1 atom stereocenters. The summed E-state index contributed by atoms with van der Waals surface area (Å²) in [5.41, 5.74) is 2.03. The number of carboxylic acid groups (broad SMARTS) is 1. The maximum Gasteiger partial charge on any atom is 0.322 e. The molecule has 0 saturated heterocycles. The van der Waals surface area contributed by atoms with E-state index in [-0.39, 0.29) is 36.0 Å². The van der Waals surface area contributed by atoms with Crippen LogP contribution in [0.3, 0.4) is 0 Å². The normalized spacial score (nSPS) is 12.3. The van der Waals surface area contributed by atoms with Crippen LogP contribution in [0.2, 0.25) is 0 Å². The minimum Gasteiger partial charge on any atom is -0.480 e. The standard InChI is InChI=1S/C29H29N5O6S/c35-27-23-16-20(12-7-15-30-29(38)31-18-21-8-3-1-4-9-21)13-14-24(23)32-26(33-27)17-25(28(36)37)34-41(39,40)19-22-10-5-2-6-11-22/h1-14,16,25,34H,15,17-19H2,(H,36,37)(H2,30,31,38)(H,32,33,35)/b12-7+/t25-/m0/s1. The summed E-state index contributed by atoms with van der Waals surface area (Å²) in [5, 5.41) is 15.4. The van der Waals surface area contributed by atoms with Gasteiger partial charge in [0.2, 0.25) is 10.0 Å². The number of hydrogen-bond donors (Lipinski definition) is 5. The number of aromatic amines is 1. The summed E-state index contributed by atoms with van der Waals surface area (Å²) in [6.07, 6.45) is 3.12. The van der Waals surface area contributed by atoms with E-state index in [1.807, 2.05) is 30.3 Å². The first-order valence-electron chi connectivity index (χ1n) is 12.7. The number of hydrogen-bond acceptors (Lipinski definition) is 6. The number of carbonyl (C=O) groups is 2. The molecule has 0 aliphatic rings. The fourth-order valence-electron chi connectivity index (χ4n) is 4.02. The van der Waals surface area contributed by atoms with E-state index in [1.54, 1.807) is 60.7 Å². The van der Waals surface area contributed by atoms with E-state index >= 15 is 0 Å². The van der Waals surface area contributed by atoms with Crippen LogP contribution in [-0.4, -0.2) is 48.1 Å². The monoisotopic (exact) mass is 575 g/mol. The quantitative estimate of drug-likeness (QED) is 0.173. The predicted molar refractivity (Wildman–Crippen MR) is 155 cm³/mol. The van der Waals surface area contributed by atoms with Gasteiger partial charge in [0.1, 0.15) is 11.9 Å². The Morgan fingerprint density at radius 3 is 2.32 bits per heavy atom. The number of carboxylic acids is 1. The molecule has 4 rings (SSSR count). The Balaban J connectivity index is 1.36. The number of nitrogens with zero attached hydrogens (tertiary/aromatic N) is 1. The van der Waals surface area contributed by atoms with E-state index in [2.05, 4.69) is 25.3 Å². The molecular weight excluding hydrogens is 546 g/mol. The van der Waals surface area contributed by atoms with E-state index < -0.39 is 27.6 Å². The number of benzene rings is 3. The van der Waals surface area contributed by atoms with E-state index in [4.69, 9.17) is 0 Å². The molecule has 2 amide bonds. The van der Waals surface area contributed by atoms with Gasteiger partial charge in [-0.2, -0.15) is 0 Å². The molecule has 0 unspecified atom stereocenters. The number of H-pyrrole nitrogens is 1. The molecule has 0 saturated carbocycles. The van der Waals surface area contributed by atoms with Gasteiger partial charge in [-0.15, -0.1) is 0 Å². The highest BCUT2D eigenvalue weighted by Gasteiger charge is 2.26. The van der Waals surface area contributed by atoms with Gasteiger partial charge in [-0.05, 0) is 28.8 Å². The van der Waals surface area contributed by atoms with Crippen molar-refractivity contribution in [1.29, 1.82) is 0 Å². The van der Waals surface area contributed by atoms with E-state index in [0.717, 1.165) is 5.56 Å². The van der Waals surface area contributed by atoms with Crippen molar-refractivity contribution in [3.05, 3.63) is 118 Å². The lowest BCUT2D eigenvalue weighted by atomic mass is 10.1. The van der Waals surface area contributed by atoms with Gasteiger partial charge in [0.25, 0.3) is 5.56 Å². The third-order valence-corrected chi connectivity index (χ3v) is 7.34. The second-order valence-electron chi connectivity index (χ2n) is 9.20. The van der Waals surface area contributed by atoms with Crippen LogP contribution in [0.25, 0.3) is 17.0 Å². The number of aliphatic carboxylic acids is 1. The van der Waals surface area contributed by atoms with Gasteiger partial charge >= 0.3 is 12.0 Å². The average molecular weight is 576 g/mol. The number of nitrogens with one attached hydrogen (secondary N) is 4. The summed E-state index contributed by atoms with van der Waals surface area (Å²) in [7, 11) is -3.98. The molecule has 5 N–H and O–H groups in total. The predicted octanol–water partition coefficient (Wildman–Crippen LogP) is 2.55. The zero-order valence-corrected chi connectivity index (χ0v) is 22.7. The number of carbonyl (C=O) groups excluding carboxylic acids is 1. The van der Waals surface area contributed by atoms with Crippen LogP contribution in [0.4, 0.5) is 4.79 Å². The lowest BCUT2D eigenvalue weighted by Gasteiger charge is -2.15. The summed E-state index contributed by atoms with van der Waals surface area (Å²) >= 11 is 0. The van der Waals surface area contributed by atoms with Crippen molar-refractivity contribution in [3.63, 3.8) is 0 Å². The SMILES string of the molecule is O=C(NC/C=C/c1ccc2nc(C[C@H](NS(=O)(=O)Cc3ccccc3)C(=O)O)[nH]c(=O)c2c1)NCc1ccccc1. The number of amides is 2. The van der Waals surface area contributed by atoms with Crippen molar-refractivity contribution in [1.82, 2.24) is 25.3 Å². The zero-order chi connectivity index (χ0) is 29.2. The van der Waals surface area contributed by atoms with Gasteiger partial charge in [-0.1, -0.05) is 78.9 Å². The van der Waals surface area contributed by atoms with Crippen LogP contribution in [0, 0.1) is 0 Å². The molecule has 11 nitrogen and oxygen atoms in total. The van der Waals surface area contributed by atoms with E-state index in [0.29, 0.717) is 23.2 Å². The van der Waals surface area contributed by atoms with Crippen LogP contribution in [0.5, 0.6) is 0 Å². The molecule has 1 heterocycles. The first-order chi connectivity index (χ1) is 19.7. The summed E-state index contributed by atoms with van der Waals surface area (Å²) in [4.78, 5) is 43.4. The maximum atomic E-state index is 12.8. The van der Waals surface area contributed by atoms with Crippen LogP contribution in [-0.2, 0) is 33.5 Å². The third kappa shape index (κ3) is 8.85. The summed E-state index contributed by atoms with van der Waals surface area (Å²) in [5.74, 6) is -1.75. The third-order valence-electron chi connectivity index (χ3n) is 5.98. The molecule has 0 bridgehead atoms. The minimum absolute atomic E-state index is 0.0336. The Morgan fingerprint density at radius 2 is 1.63 bits per heavy atom. The van der Waals surface area contributed by atoms with Gasteiger partial charge in [0, 0.05) is 19.5 Å². The Labute approximate surface area is 236 Å². The lowest BCUT2D eigenvalue weighted by Crippen LogP contribution is -2.43. The van der Waals surface area contributed by atoms with Crippen molar-refractivity contribution in [2.24, 2.45) is 0 Å². The van der Waals surface area contributed by atoms with Gasteiger partial charge < -0.3 is 20.7 Å². The number of fused-ring (bicyclic) bond motifs is 1. The molecule has 12 heteroatoms. The van der Waals surface area contributed by atoms with E-state index in [9.17, 15) is 27.9 Å². The molecule has 41 heavy (non-hydrogen) atoms. The Bertz CT molecular complexity index is 1710. The number of aromatic nitrogens is 2. The number of sulfonamides is 1. The Morgan fingerprint density at radius 1 is 0.951 bits per heavy atom. The number of urea groups is 1. The summed E-state index contributed by atoms with van der Waals surface area (Å²) in [6.45, 7) is 0.675. The van der Waals surface area contributed by atoms with Crippen molar-refractivity contribution in [2.75, 3.05) is 6.54 Å². The molecule has 0 spiro atoms. The van der Waals surface area contributed by atoms with Gasteiger partial charge in [0.05, 0.1) is 16.7 Å². The first-order valence-corrected chi connectivity index (χ1v) is 14.4. The highest BCUT2D eigenvalue weighted by atomic mass is 32.2. The van der Waals surface area contributed by atoms with Crippen LogP contribution in [0.1, 0.15) is 22.5 Å². The lowest BCUT2D eigenvalue weighted by molar-refractivity contribution is -0.139. The van der Waals surface area contributed by atoms with Crippen molar-refractivity contribution < 1.29 is 23.1 Å². The van der Waals surface area contributed by atoms with Crippen molar-refractivity contribution >= 4 is 39.0 Å². The second kappa shape index (κ2) is 13.5. The van der Waals surface area contributed by atoms with Gasteiger partial charge in [0.15, 0.2) is 0 Å². The summed E-state index contributed by atoms with van der Waals surface area (Å²) < 4.78 is 27.3. The largest absolute Gasteiger partial charge is 0.480 e. The van der Waals surface area contributed by atoms with Gasteiger partial charge in [-0.25, -0.2) is 22.9 Å². The zero-order valence-electron chi connectivity index (χ0n) is 21.9. The van der Waals surface area contributed by atoms with Crippen molar-refractivity contribution in [2.45, 2.75) is 24.8 Å². The molecule has 3 aromatic carbocycles. The summed E-state index contributed by atoms with van der Waals surface area (Å²) in [6, 6.07) is 21.0. The van der Waals surface area contributed by atoms with Crippen molar-refractivity contribution in [3.8, 4) is 0 Å². The van der Waals surface area contributed by atoms with Crippen LogP contribution < -0.4 is 20.9 Å². The molecule has 1 aromatic heterocycles. The molecule has 4 aromatic rings. The minimum atomic E-state index is -3.98. The van der Waals surface area contributed by atoms with Crippen LogP contribution in [0.15, 0.2) is 89.7 Å². The molecule has 212 valence electrons. The molecule has 0 fully saturated rings.